The number of ether oxygens (including phenoxy) is 1. The summed E-state index contributed by atoms with van der Waals surface area (Å²) in [5, 5.41) is 5.34. The molecule has 0 saturated heterocycles. The van der Waals surface area contributed by atoms with Gasteiger partial charge in [-0.15, -0.1) is 0 Å². The van der Waals surface area contributed by atoms with E-state index < -0.39 is 23.3 Å². The first-order chi connectivity index (χ1) is 14.9. The molecule has 6 nitrogen and oxygen atoms in total. The molecule has 1 unspecified atom stereocenters. The van der Waals surface area contributed by atoms with Crippen LogP contribution in [-0.4, -0.2) is 23.4 Å². The summed E-state index contributed by atoms with van der Waals surface area (Å²) in [5.41, 5.74) is 0.106. The molecule has 0 aromatic heterocycles. The van der Waals surface area contributed by atoms with Gasteiger partial charge >= 0.3 is 5.97 Å². The van der Waals surface area contributed by atoms with Crippen molar-refractivity contribution in [3.8, 4) is 0 Å². The Balaban J connectivity index is 1.48. The summed E-state index contributed by atoms with van der Waals surface area (Å²) in [6.45, 7) is 1.55. The van der Waals surface area contributed by atoms with Crippen molar-refractivity contribution in [1.29, 1.82) is 0 Å². The summed E-state index contributed by atoms with van der Waals surface area (Å²) in [4.78, 5) is 37.8. The second-order valence-electron chi connectivity index (χ2n) is 8.43. The molecule has 31 heavy (non-hydrogen) atoms. The lowest BCUT2D eigenvalue weighted by Crippen LogP contribution is -2.48. The van der Waals surface area contributed by atoms with Crippen molar-refractivity contribution in [2.24, 2.45) is 5.92 Å². The molecular formula is C24H25FN2O4. The fourth-order valence-corrected chi connectivity index (χ4v) is 4.22. The van der Waals surface area contributed by atoms with E-state index in [9.17, 15) is 18.8 Å². The van der Waals surface area contributed by atoms with Gasteiger partial charge in [-0.3, -0.25) is 9.59 Å². The minimum absolute atomic E-state index is 0.0181. The highest BCUT2D eigenvalue weighted by Gasteiger charge is 2.42. The van der Waals surface area contributed by atoms with Crippen LogP contribution in [0.1, 0.15) is 54.9 Å². The lowest BCUT2D eigenvalue weighted by Gasteiger charge is -2.33. The highest BCUT2D eigenvalue weighted by molar-refractivity contribution is 6.03. The molecule has 4 rings (SSSR count). The van der Waals surface area contributed by atoms with Gasteiger partial charge in [0, 0.05) is 18.0 Å². The quantitative estimate of drug-likeness (QED) is 0.710. The first-order valence-electron chi connectivity index (χ1n) is 10.6. The van der Waals surface area contributed by atoms with Crippen LogP contribution in [0.5, 0.6) is 0 Å². The van der Waals surface area contributed by atoms with Gasteiger partial charge in [0.1, 0.15) is 5.82 Å². The van der Waals surface area contributed by atoms with Gasteiger partial charge in [-0.25, -0.2) is 9.18 Å². The first-order valence-corrected chi connectivity index (χ1v) is 10.6. The number of hydrogen-bond donors (Lipinski definition) is 2. The zero-order chi connectivity index (χ0) is 22.0. The van der Waals surface area contributed by atoms with Crippen LogP contribution in [-0.2, 0) is 20.7 Å². The van der Waals surface area contributed by atoms with E-state index in [4.69, 9.17) is 4.74 Å². The van der Waals surface area contributed by atoms with Gasteiger partial charge in [0.05, 0.1) is 11.3 Å². The van der Waals surface area contributed by atoms with Crippen molar-refractivity contribution in [3.63, 3.8) is 0 Å². The second kappa shape index (κ2) is 8.49. The molecule has 2 aliphatic rings. The minimum Gasteiger partial charge on any atom is -0.445 e. The Morgan fingerprint density at radius 1 is 1.06 bits per heavy atom. The van der Waals surface area contributed by atoms with Gasteiger partial charge < -0.3 is 15.4 Å². The van der Waals surface area contributed by atoms with E-state index in [-0.39, 0.29) is 23.9 Å². The van der Waals surface area contributed by atoms with Crippen LogP contribution in [0.25, 0.3) is 0 Å². The minimum atomic E-state index is -1.40. The molecule has 2 N–H and O–H groups in total. The van der Waals surface area contributed by atoms with Gasteiger partial charge in [-0.1, -0.05) is 37.5 Å². The number of amides is 2. The summed E-state index contributed by atoms with van der Waals surface area (Å²) < 4.78 is 19.7. The number of carbonyl (C=O) groups is 3. The predicted octanol–water partition coefficient (Wildman–Crippen LogP) is 4.45. The van der Waals surface area contributed by atoms with Gasteiger partial charge in [0.15, 0.2) is 5.60 Å². The maximum absolute atomic E-state index is 14.3. The third kappa shape index (κ3) is 4.45. The highest BCUT2D eigenvalue weighted by atomic mass is 19.1. The first kappa shape index (κ1) is 21.0. The fourth-order valence-electron chi connectivity index (χ4n) is 4.22. The van der Waals surface area contributed by atoms with E-state index in [1.54, 1.807) is 31.2 Å². The lowest BCUT2D eigenvalue weighted by atomic mass is 9.88. The largest absolute Gasteiger partial charge is 0.445 e. The van der Waals surface area contributed by atoms with Crippen molar-refractivity contribution < 1.29 is 23.5 Å². The van der Waals surface area contributed by atoms with Crippen LogP contribution < -0.4 is 10.6 Å². The van der Waals surface area contributed by atoms with Crippen molar-refractivity contribution in [1.82, 2.24) is 0 Å². The maximum atomic E-state index is 14.3. The highest BCUT2D eigenvalue weighted by Crippen LogP contribution is 2.30. The number of cyclic esters (lactones) is 1. The number of fused-ring (bicyclic) bond motifs is 1. The molecule has 1 atom stereocenters. The van der Waals surface area contributed by atoms with Gasteiger partial charge in [0.25, 0.3) is 5.91 Å². The molecule has 2 aromatic rings. The Bertz CT molecular complexity index is 1030. The maximum Gasteiger partial charge on any atom is 0.339 e. The SMILES string of the molecule is CC1(C(=O)Nc2ccc(F)c(NC(=O)C3CCCCC3)c2)Cc2ccccc2C(=O)O1. The zero-order valence-electron chi connectivity index (χ0n) is 17.4. The zero-order valence-corrected chi connectivity index (χ0v) is 17.4. The molecule has 1 saturated carbocycles. The van der Waals surface area contributed by atoms with Crippen molar-refractivity contribution in [2.75, 3.05) is 10.6 Å². The number of benzene rings is 2. The topological polar surface area (TPSA) is 84.5 Å². The van der Waals surface area contributed by atoms with Gasteiger partial charge in [-0.2, -0.15) is 0 Å². The fraction of sp³-hybridized carbons (Fsp3) is 0.375. The predicted molar refractivity (Wildman–Crippen MR) is 114 cm³/mol. The molecule has 1 fully saturated rings. The standard InChI is InChI=1S/C24H25FN2O4/c1-24(14-16-9-5-6-10-18(16)22(29)31-24)23(30)26-17-11-12-19(25)20(13-17)27-21(28)15-7-3-2-4-8-15/h5-6,9-13,15H,2-4,7-8,14H2,1H3,(H,26,30)(H,27,28). The second-order valence-corrected chi connectivity index (χ2v) is 8.43. The van der Waals surface area contributed by atoms with Crippen LogP contribution in [0.3, 0.4) is 0 Å². The van der Waals surface area contributed by atoms with E-state index in [1.165, 1.54) is 18.2 Å². The molecule has 2 aromatic carbocycles. The number of hydrogen-bond acceptors (Lipinski definition) is 4. The molecule has 1 aliphatic heterocycles. The van der Waals surface area contributed by atoms with Crippen LogP contribution in [0.2, 0.25) is 0 Å². The Morgan fingerprint density at radius 2 is 1.81 bits per heavy atom. The molecule has 0 radical (unpaired) electrons. The van der Waals surface area contributed by atoms with Crippen LogP contribution in [0, 0.1) is 11.7 Å². The molecule has 0 bridgehead atoms. The van der Waals surface area contributed by atoms with E-state index in [2.05, 4.69) is 10.6 Å². The van der Waals surface area contributed by atoms with E-state index >= 15 is 0 Å². The van der Waals surface area contributed by atoms with Crippen LogP contribution >= 0.6 is 0 Å². The van der Waals surface area contributed by atoms with Crippen molar-refractivity contribution in [2.45, 2.75) is 51.0 Å². The summed E-state index contributed by atoms with van der Waals surface area (Å²) in [6, 6.07) is 11.0. The number of esters is 1. The number of carbonyl (C=O) groups excluding carboxylic acids is 3. The average Bonchev–Trinajstić information content (AvgIpc) is 2.76. The number of nitrogens with one attached hydrogen (secondary N) is 2. The average molecular weight is 424 g/mol. The third-order valence-electron chi connectivity index (χ3n) is 6.02. The third-order valence-corrected chi connectivity index (χ3v) is 6.02. The normalized spacial score (nSPS) is 21.0. The van der Waals surface area contributed by atoms with Gasteiger partial charge in [0.2, 0.25) is 5.91 Å². The van der Waals surface area contributed by atoms with E-state index in [0.29, 0.717) is 11.3 Å². The van der Waals surface area contributed by atoms with E-state index in [0.717, 1.165) is 37.7 Å². The monoisotopic (exact) mass is 424 g/mol. The molecule has 2 amide bonds. The number of rotatable bonds is 4. The number of halogens is 1. The summed E-state index contributed by atoms with van der Waals surface area (Å²) in [5.74, 6) is -1.98. The van der Waals surface area contributed by atoms with Gasteiger partial charge in [-0.05, 0) is 49.6 Å². The summed E-state index contributed by atoms with van der Waals surface area (Å²) >= 11 is 0. The molecule has 162 valence electrons. The molecule has 0 spiro atoms. The smallest absolute Gasteiger partial charge is 0.339 e. The Morgan fingerprint density at radius 3 is 2.58 bits per heavy atom. The summed E-state index contributed by atoms with van der Waals surface area (Å²) in [7, 11) is 0. The van der Waals surface area contributed by atoms with Crippen LogP contribution in [0.4, 0.5) is 15.8 Å². The van der Waals surface area contributed by atoms with Crippen molar-refractivity contribution in [3.05, 3.63) is 59.4 Å². The number of anilines is 2. The Hall–Kier alpha value is -3.22. The Kier molecular flexibility index (Phi) is 5.76. The lowest BCUT2D eigenvalue weighted by molar-refractivity contribution is -0.134. The van der Waals surface area contributed by atoms with E-state index in [1.807, 2.05) is 0 Å². The molecular weight excluding hydrogens is 399 g/mol. The van der Waals surface area contributed by atoms with Crippen molar-refractivity contribution >= 4 is 29.2 Å². The molecule has 7 heteroatoms. The Labute approximate surface area is 180 Å². The molecule has 1 heterocycles. The molecule has 1 aliphatic carbocycles. The van der Waals surface area contributed by atoms with Crippen LogP contribution in [0.15, 0.2) is 42.5 Å². The summed E-state index contributed by atoms with van der Waals surface area (Å²) in [6.07, 6.45) is 4.94.